The Morgan fingerprint density at radius 1 is 1.20 bits per heavy atom. The van der Waals surface area contributed by atoms with E-state index in [1.165, 1.54) is 6.20 Å². The molecule has 1 rings (SSSR count). The molecule has 1 heterocycles. The summed E-state index contributed by atoms with van der Waals surface area (Å²) in [6, 6.07) is 0. The van der Waals surface area contributed by atoms with Crippen LogP contribution in [0.4, 0.5) is 19.0 Å². The van der Waals surface area contributed by atoms with Gasteiger partial charge in [-0.3, -0.25) is 4.98 Å². The van der Waals surface area contributed by atoms with Crippen molar-refractivity contribution in [3.63, 3.8) is 0 Å². The van der Waals surface area contributed by atoms with Crippen molar-refractivity contribution in [2.24, 2.45) is 0 Å². The first-order chi connectivity index (χ1) is 9.11. The summed E-state index contributed by atoms with van der Waals surface area (Å²) >= 11 is 0. The second-order valence-electron chi connectivity index (χ2n) is 5.60. The van der Waals surface area contributed by atoms with Crippen LogP contribution in [0.1, 0.15) is 33.4 Å². The third-order valence-corrected chi connectivity index (χ3v) is 2.55. The van der Waals surface area contributed by atoms with Gasteiger partial charge in [0.15, 0.2) is 0 Å². The van der Waals surface area contributed by atoms with Gasteiger partial charge in [0.1, 0.15) is 12.4 Å². The molecule has 0 radical (unpaired) electrons. The van der Waals surface area contributed by atoms with Gasteiger partial charge in [0.05, 0.1) is 11.9 Å². The van der Waals surface area contributed by atoms with Crippen molar-refractivity contribution < 1.29 is 13.2 Å². The molecule has 114 valence electrons. The summed E-state index contributed by atoms with van der Waals surface area (Å²) in [5, 5.41) is 3.23. The molecule has 0 fully saturated rings. The van der Waals surface area contributed by atoms with Crippen molar-refractivity contribution >= 4 is 5.82 Å². The van der Waals surface area contributed by atoms with Gasteiger partial charge >= 0.3 is 6.18 Å². The van der Waals surface area contributed by atoms with Gasteiger partial charge in [0.2, 0.25) is 0 Å². The van der Waals surface area contributed by atoms with E-state index in [0.29, 0.717) is 12.2 Å². The van der Waals surface area contributed by atoms with E-state index in [4.69, 9.17) is 0 Å². The van der Waals surface area contributed by atoms with Crippen LogP contribution in [0.3, 0.4) is 0 Å². The highest BCUT2D eigenvalue weighted by Gasteiger charge is 2.30. The van der Waals surface area contributed by atoms with Gasteiger partial charge in [-0.1, -0.05) is 0 Å². The van der Waals surface area contributed by atoms with Crippen molar-refractivity contribution in [1.82, 2.24) is 15.3 Å². The zero-order valence-electron chi connectivity index (χ0n) is 12.3. The summed E-state index contributed by atoms with van der Waals surface area (Å²) in [6.45, 7) is 7.35. The van der Waals surface area contributed by atoms with Crippen LogP contribution in [0, 0.1) is 0 Å². The quantitative estimate of drug-likeness (QED) is 0.905. The number of anilines is 1. The first-order valence-corrected chi connectivity index (χ1v) is 6.48. The molecule has 1 N–H and O–H groups in total. The van der Waals surface area contributed by atoms with Crippen LogP contribution in [0.2, 0.25) is 0 Å². The van der Waals surface area contributed by atoms with Crippen LogP contribution >= 0.6 is 0 Å². The number of halogens is 3. The zero-order chi connectivity index (χ0) is 15.4. The lowest BCUT2D eigenvalue weighted by Crippen LogP contribution is -2.36. The average molecular weight is 290 g/mol. The highest BCUT2D eigenvalue weighted by molar-refractivity contribution is 5.36. The fraction of sp³-hybridized carbons (Fsp3) is 0.692. The minimum absolute atomic E-state index is 0.0892. The van der Waals surface area contributed by atoms with Crippen LogP contribution < -0.4 is 10.2 Å². The van der Waals surface area contributed by atoms with Crippen molar-refractivity contribution in [2.45, 2.75) is 46.0 Å². The van der Waals surface area contributed by atoms with E-state index in [2.05, 4.69) is 15.3 Å². The van der Waals surface area contributed by atoms with Gasteiger partial charge in [-0.05, 0) is 27.7 Å². The predicted molar refractivity (Wildman–Crippen MR) is 72.6 cm³/mol. The molecule has 1 aromatic rings. The molecule has 1 aromatic heterocycles. The Bertz CT molecular complexity index is 426. The van der Waals surface area contributed by atoms with Crippen molar-refractivity contribution in [3.05, 3.63) is 18.1 Å². The number of nitrogens with zero attached hydrogens (tertiary/aromatic N) is 3. The zero-order valence-corrected chi connectivity index (χ0v) is 12.3. The number of nitrogens with one attached hydrogen (secondary N) is 1. The van der Waals surface area contributed by atoms with Gasteiger partial charge < -0.3 is 10.2 Å². The summed E-state index contributed by atoms with van der Waals surface area (Å²) in [5.74, 6) is 0.248. The van der Waals surface area contributed by atoms with Gasteiger partial charge in [0.25, 0.3) is 0 Å². The lowest BCUT2D eigenvalue weighted by molar-refractivity contribution is -0.119. The number of hydrogen-bond acceptors (Lipinski definition) is 4. The monoisotopic (exact) mass is 290 g/mol. The maximum absolute atomic E-state index is 12.5. The van der Waals surface area contributed by atoms with E-state index in [1.807, 2.05) is 20.8 Å². The third kappa shape index (κ3) is 6.18. The summed E-state index contributed by atoms with van der Waals surface area (Å²) in [5.41, 5.74) is 0.534. The first kappa shape index (κ1) is 16.7. The Labute approximate surface area is 117 Å². The SMILES string of the molecule is CCN(CC(F)(F)F)c1cncc(CNC(C)(C)C)n1. The van der Waals surface area contributed by atoms with E-state index < -0.39 is 12.7 Å². The number of aromatic nitrogens is 2. The largest absolute Gasteiger partial charge is 0.405 e. The molecule has 20 heavy (non-hydrogen) atoms. The molecule has 0 bridgehead atoms. The van der Waals surface area contributed by atoms with Crippen LogP contribution in [0.5, 0.6) is 0 Å². The van der Waals surface area contributed by atoms with E-state index in [1.54, 1.807) is 13.1 Å². The van der Waals surface area contributed by atoms with E-state index in [0.717, 1.165) is 4.90 Å². The fourth-order valence-corrected chi connectivity index (χ4v) is 1.56. The maximum Gasteiger partial charge on any atom is 0.405 e. The first-order valence-electron chi connectivity index (χ1n) is 6.48. The van der Waals surface area contributed by atoms with Crippen molar-refractivity contribution in [1.29, 1.82) is 0 Å². The van der Waals surface area contributed by atoms with Crippen LogP contribution in [-0.4, -0.2) is 34.8 Å². The third-order valence-electron chi connectivity index (χ3n) is 2.55. The molecule has 7 heteroatoms. The molecule has 0 aromatic carbocycles. The fourth-order valence-electron chi connectivity index (χ4n) is 1.56. The summed E-state index contributed by atoms with van der Waals surface area (Å²) in [6.07, 6.45) is -1.34. The summed E-state index contributed by atoms with van der Waals surface area (Å²) < 4.78 is 37.4. The van der Waals surface area contributed by atoms with Crippen LogP contribution in [-0.2, 0) is 6.54 Å². The minimum atomic E-state index is -4.25. The molecular weight excluding hydrogens is 269 g/mol. The molecule has 4 nitrogen and oxygen atoms in total. The second kappa shape index (κ2) is 6.39. The van der Waals surface area contributed by atoms with Crippen molar-refractivity contribution in [3.8, 4) is 0 Å². The molecule has 0 aliphatic carbocycles. The van der Waals surface area contributed by atoms with E-state index >= 15 is 0 Å². The average Bonchev–Trinajstić information content (AvgIpc) is 2.32. The minimum Gasteiger partial charge on any atom is -0.347 e. The second-order valence-corrected chi connectivity index (χ2v) is 5.60. The normalized spacial score (nSPS) is 12.6. The Hall–Kier alpha value is -1.37. The highest BCUT2D eigenvalue weighted by Crippen LogP contribution is 2.20. The highest BCUT2D eigenvalue weighted by atomic mass is 19.4. The molecule has 0 amide bonds. The molecule has 0 saturated carbocycles. The van der Waals surface area contributed by atoms with E-state index in [9.17, 15) is 13.2 Å². The molecule has 0 atom stereocenters. The molecule has 0 spiro atoms. The predicted octanol–water partition coefficient (Wildman–Crippen LogP) is 2.75. The topological polar surface area (TPSA) is 41.1 Å². The molecule has 0 unspecified atom stereocenters. The smallest absolute Gasteiger partial charge is 0.347 e. The Morgan fingerprint density at radius 3 is 2.35 bits per heavy atom. The summed E-state index contributed by atoms with van der Waals surface area (Å²) in [7, 11) is 0. The number of rotatable bonds is 5. The standard InChI is InChI=1S/C13H21F3N4/c1-5-20(9-13(14,15)16)11-8-17-6-10(19-11)7-18-12(2,3)4/h6,8,18H,5,7,9H2,1-4H3. The Kier molecular flexibility index (Phi) is 5.33. The Morgan fingerprint density at radius 2 is 1.85 bits per heavy atom. The molecule has 0 aliphatic heterocycles. The van der Waals surface area contributed by atoms with Crippen LogP contribution in [0.15, 0.2) is 12.4 Å². The van der Waals surface area contributed by atoms with Crippen molar-refractivity contribution in [2.75, 3.05) is 18.0 Å². The maximum atomic E-state index is 12.5. The lowest BCUT2D eigenvalue weighted by atomic mass is 10.1. The number of alkyl halides is 3. The van der Waals surface area contributed by atoms with Gasteiger partial charge in [-0.2, -0.15) is 13.2 Å². The summed E-state index contributed by atoms with van der Waals surface area (Å²) in [4.78, 5) is 9.37. The molecule has 0 saturated heterocycles. The van der Waals surface area contributed by atoms with Crippen LogP contribution in [0.25, 0.3) is 0 Å². The Balaban J connectivity index is 2.80. The van der Waals surface area contributed by atoms with Gasteiger partial charge in [-0.25, -0.2) is 4.98 Å². The lowest BCUT2D eigenvalue weighted by Gasteiger charge is -2.24. The molecular formula is C13H21F3N4. The van der Waals surface area contributed by atoms with Gasteiger partial charge in [-0.15, -0.1) is 0 Å². The van der Waals surface area contributed by atoms with E-state index in [-0.39, 0.29) is 17.9 Å². The number of hydrogen-bond donors (Lipinski definition) is 1. The molecule has 0 aliphatic rings. The van der Waals surface area contributed by atoms with Gasteiger partial charge in [0, 0.05) is 24.8 Å².